The van der Waals surface area contributed by atoms with Gasteiger partial charge in [0.05, 0.1) is 12.5 Å². The van der Waals surface area contributed by atoms with Crippen LogP contribution in [0.25, 0.3) is 0 Å². The van der Waals surface area contributed by atoms with Gasteiger partial charge >= 0.3 is 0 Å². The van der Waals surface area contributed by atoms with Crippen LogP contribution in [0.15, 0.2) is 54.6 Å². The van der Waals surface area contributed by atoms with Crippen molar-refractivity contribution < 1.29 is 23.4 Å². The van der Waals surface area contributed by atoms with Gasteiger partial charge in [-0.1, -0.05) is 61.0 Å². The number of nitrogens with two attached hydrogens (primary N) is 1. The zero-order valence-corrected chi connectivity index (χ0v) is 21.0. The first-order valence-corrected chi connectivity index (χ1v) is 13.2. The molecule has 2 aromatic carbocycles. The Morgan fingerprint density at radius 2 is 1.60 bits per heavy atom. The number of carbonyl (C=O) groups excluding carboxylic acids is 3. The lowest BCUT2D eigenvalue weighted by Crippen LogP contribution is -2.31. The molecule has 35 heavy (non-hydrogen) atoms. The van der Waals surface area contributed by atoms with Crippen molar-refractivity contribution in [3.8, 4) is 0 Å². The molecular weight excluding hydrogens is 466 g/mol. The number of ketones is 1. The van der Waals surface area contributed by atoms with E-state index >= 15 is 0 Å². The van der Waals surface area contributed by atoms with Gasteiger partial charge in [-0.3, -0.25) is 19.1 Å². The third-order valence-electron chi connectivity index (χ3n) is 5.56. The van der Waals surface area contributed by atoms with Crippen LogP contribution in [0.1, 0.15) is 72.9 Å². The van der Waals surface area contributed by atoms with Crippen molar-refractivity contribution in [3.05, 3.63) is 71.3 Å². The molecule has 2 aromatic rings. The Bertz CT molecular complexity index is 967. The molecule has 0 aromatic heterocycles. The van der Waals surface area contributed by atoms with Gasteiger partial charge < -0.3 is 10.2 Å². The SMILES string of the molecule is CC(C(=O)NS(=O)CCCCCC(=O)NCCCCON)c1ccc(C(=O)c2ccccc2)cc1. The number of rotatable bonds is 16. The molecule has 0 spiro atoms. The van der Waals surface area contributed by atoms with E-state index in [-0.39, 0.29) is 17.6 Å². The predicted molar refractivity (Wildman–Crippen MR) is 137 cm³/mol. The summed E-state index contributed by atoms with van der Waals surface area (Å²) in [6.45, 7) is 2.81. The lowest BCUT2D eigenvalue weighted by molar-refractivity contribution is -0.121. The van der Waals surface area contributed by atoms with E-state index in [1.807, 2.05) is 18.2 Å². The highest BCUT2D eigenvalue weighted by molar-refractivity contribution is 7.83. The van der Waals surface area contributed by atoms with Crippen molar-refractivity contribution in [2.75, 3.05) is 18.9 Å². The van der Waals surface area contributed by atoms with Crippen LogP contribution >= 0.6 is 0 Å². The molecule has 2 rings (SSSR count). The van der Waals surface area contributed by atoms with Crippen molar-refractivity contribution in [2.45, 2.75) is 51.4 Å². The minimum absolute atomic E-state index is 0.00148. The Balaban J connectivity index is 1.66. The van der Waals surface area contributed by atoms with Gasteiger partial charge in [0.25, 0.3) is 0 Å². The highest BCUT2D eigenvalue weighted by Gasteiger charge is 2.18. The van der Waals surface area contributed by atoms with Gasteiger partial charge in [0.15, 0.2) is 5.78 Å². The Morgan fingerprint density at radius 1 is 0.914 bits per heavy atom. The molecule has 0 fully saturated rings. The van der Waals surface area contributed by atoms with Gasteiger partial charge in [-0.05, 0) is 38.2 Å². The van der Waals surface area contributed by atoms with Crippen molar-refractivity contribution in [2.24, 2.45) is 5.90 Å². The van der Waals surface area contributed by atoms with Crippen LogP contribution in [0.4, 0.5) is 0 Å². The van der Waals surface area contributed by atoms with Crippen LogP contribution in [-0.2, 0) is 25.4 Å². The topological polar surface area (TPSA) is 128 Å². The van der Waals surface area contributed by atoms with E-state index in [9.17, 15) is 18.6 Å². The fourth-order valence-corrected chi connectivity index (χ4v) is 4.37. The summed E-state index contributed by atoms with van der Waals surface area (Å²) >= 11 is 0. The van der Waals surface area contributed by atoms with Crippen LogP contribution in [0, 0.1) is 0 Å². The molecule has 0 aliphatic carbocycles. The van der Waals surface area contributed by atoms with Crippen LogP contribution in [0.2, 0.25) is 0 Å². The molecule has 0 bridgehead atoms. The summed E-state index contributed by atoms with van der Waals surface area (Å²) in [7, 11) is -1.48. The van der Waals surface area contributed by atoms with Gasteiger partial charge in [0.2, 0.25) is 11.8 Å². The van der Waals surface area contributed by atoms with E-state index in [1.165, 1.54) is 0 Å². The molecule has 4 N–H and O–H groups in total. The first-order chi connectivity index (χ1) is 16.9. The van der Waals surface area contributed by atoms with Crippen molar-refractivity contribution in [1.82, 2.24) is 10.0 Å². The first-order valence-electron chi connectivity index (χ1n) is 11.9. The molecule has 9 heteroatoms. The standard InChI is InChI=1S/C26H35N3O5S/c1-20(21-13-15-23(16-14-21)25(31)22-10-4-2-5-11-22)26(32)29-35(33)19-9-3-6-12-24(30)28-17-7-8-18-34-27/h2,4-5,10-11,13-16,20H,3,6-9,12,17-19,27H2,1H3,(H,28,30)(H,29,32). The number of hydrogen-bond donors (Lipinski definition) is 3. The summed E-state index contributed by atoms with van der Waals surface area (Å²) in [6.07, 6.45) is 4.14. The fraction of sp³-hybridized carbons (Fsp3) is 0.423. The molecule has 0 heterocycles. The van der Waals surface area contributed by atoms with E-state index < -0.39 is 16.9 Å². The van der Waals surface area contributed by atoms with Crippen LogP contribution in [0.3, 0.4) is 0 Å². The summed E-state index contributed by atoms with van der Waals surface area (Å²) in [6, 6.07) is 15.9. The Kier molecular flexibility index (Phi) is 12.9. The zero-order valence-electron chi connectivity index (χ0n) is 20.2. The van der Waals surface area contributed by atoms with Gasteiger partial charge in [-0.2, -0.15) is 0 Å². The lowest BCUT2D eigenvalue weighted by atomic mass is 9.97. The molecule has 0 saturated carbocycles. The Labute approximate surface area is 209 Å². The number of hydrogen-bond acceptors (Lipinski definition) is 6. The fourth-order valence-electron chi connectivity index (χ4n) is 3.40. The third-order valence-corrected chi connectivity index (χ3v) is 6.65. The van der Waals surface area contributed by atoms with E-state index in [2.05, 4.69) is 14.9 Å². The smallest absolute Gasteiger partial charge is 0.238 e. The van der Waals surface area contributed by atoms with Gasteiger partial charge in [-0.25, -0.2) is 10.1 Å². The molecule has 8 nitrogen and oxygen atoms in total. The predicted octanol–water partition coefficient (Wildman–Crippen LogP) is 3.15. The van der Waals surface area contributed by atoms with Crippen LogP contribution < -0.4 is 15.9 Å². The molecule has 2 atom stereocenters. The number of amides is 2. The highest BCUT2D eigenvalue weighted by Crippen LogP contribution is 2.18. The van der Waals surface area contributed by atoms with Crippen molar-refractivity contribution >= 4 is 28.6 Å². The largest absolute Gasteiger partial charge is 0.356 e. The highest BCUT2D eigenvalue weighted by atomic mass is 32.2. The Morgan fingerprint density at radius 3 is 2.29 bits per heavy atom. The molecule has 0 aliphatic rings. The first kappa shape index (κ1) is 28.4. The summed E-state index contributed by atoms with van der Waals surface area (Å²) < 4.78 is 14.8. The molecular formula is C26H35N3O5S. The average molecular weight is 502 g/mol. The van der Waals surface area contributed by atoms with Gasteiger partial charge in [-0.15, -0.1) is 0 Å². The molecule has 190 valence electrons. The van der Waals surface area contributed by atoms with Crippen LogP contribution in [0.5, 0.6) is 0 Å². The number of carbonyl (C=O) groups is 3. The molecule has 0 saturated heterocycles. The maximum Gasteiger partial charge on any atom is 0.238 e. The second-order valence-electron chi connectivity index (χ2n) is 8.29. The summed E-state index contributed by atoms with van der Waals surface area (Å²) in [5.41, 5.74) is 1.90. The van der Waals surface area contributed by atoms with E-state index in [0.29, 0.717) is 49.3 Å². The number of benzene rings is 2. The second kappa shape index (κ2) is 15.9. The van der Waals surface area contributed by atoms with E-state index in [1.54, 1.807) is 43.3 Å². The summed E-state index contributed by atoms with van der Waals surface area (Å²) in [4.78, 5) is 41.2. The molecule has 0 radical (unpaired) electrons. The summed E-state index contributed by atoms with van der Waals surface area (Å²) in [5, 5.41) is 2.84. The average Bonchev–Trinajstić information content (AvgIpc) is 2.88. The normalized spacial score (nSPS) is 12.5. The zero-order chi connectivity index (χ0) is 25.5. The number of unbranched alkanes of at least 4 members (excludes halogenated alkanes) is 3. The van der Waals surface area contributed by atoms with Gasteiger partial charge in [0, 0.05) is 29.8 Å². The second-order valence-corrected chi connectivity index (χ2v) is 9.60. The maximum atomic E-state index is 12.5. The van der Waals surface area contributed by atoms with Crippen molar-refractivity contribution in [3.63, 3.8) is 0 Å². The minimum atomic E-state index is -1.48. The third kappa shape index (κ3) is 10.5. The molecule has 2 amide bonds. The van der Waals surface area contributed by atoms with E-state index in [0.717, 1.165) is 24.8 Å². The number of nitrogens with one attached hydrogen (secondary N) is 2. The van der Waals surface area contributed by atoms with Gasteiger partial charge in [0.1, 0.15) is 11.0 Å². The van der Waals surface area contributed by atoms with Crippen molar-refractivity contribution in [1.29, 1.82) is 0 Å². The molecule has 0 aliphatic heterocycles. The lowest BCUT2D eigenvalue weighted by Gasteiger charge is -2.13. The Hall–Kier alpha value is -2.88. The van der Waals surface area contributed by atoms with Crippen LogP contribution in [-0.4, -0.2) is 40.7 Å². The van der Waals surface area contributed by atoms with E-state index in [4.69, 9.17) is 5.90 Å². The maximum absolute atomic E-state index is 12.5. The monoisotopic (exact) mass is 501 g/mol. The summed E-state index contributed by atoms with van der Waals surface area (Å²) in [5.74, 6) is 4.37. The molecule has 2 unspecified atom stereocenters. The quantitative estimate of drug-likeness (QED) is 0.184. The minimum Gasteiger partial charge on any atom is -0.356 e.